The van der Waals surface area contributed by atoms with Crippen molar-refractivity contribution in [2.24, 2.45) is 0 Å². The Kier molecular flexibility index (Phi) is 43.8. The van der Waals surface area contributed by atoms with Crippen molar-refractivity contribution >= 4 is 13.7 Å². The molecule has 2 N–H and O–H groups in total. The molecule has 0 aromatic heterocycles. The van der Waals surface area contributed by atoms with Crippen molar-refractivity contribution in [3.8, 4) is 0 Å². The number of quaternary nitrogens is 1. The normalized spacial score (nSPS) is 15.1. The molecule has 0 radical (unpaired) electrons. The maximum absolute atomic E-state index is 12.8. The van der Waals surface area contributed by atoms with Gasteiger partial charge in [0.25, 0.3) is 7.82 Å². The second kappa shape index (κ2) is 46.0. The zero-order chi connectivity index (χ0) is 47.8. The number of unbranched alkanes of at least 4 members (excludes halogenated alkanes) is 11. The van der Waals surface area contributed by atoms with E-state index in [4.69, 9.17) is 9.05 Å². The van der Waals surface area contributed by atoms with Crippen molar-refractivity contribution in [3.05, 3.63) is 122 Å². The highest BCUT2D eigenvalue weighted by Crippen LogP contribution is 2.38. The quantitative estimate of drug-likeness (QED) is 0.0273. The van der Waals surface area contributed by atoms with E-state index in [1.165, 1.54) is 25.7 Å². The van der Waals surface area contributed by atoms with Crippen LogP contribution < -0.4 is 10.2 Å². The van der Waals surface area contributed by atoms with Crippen molar-refractivity contribution in [1.82, 2.24) is 5.32 Å². The molecular formula is C56H95N2O6P. The van der Waals surface area contributed by atoms with Gasteiger partial charge in [0.15, 0.2) is 0 Å². The fourth-order valence-electron chi connectivity index (χ4n) is 6.48. The maximum Gasteiger partial charge on any atom is 0.268 e. The molecule has 0 aromatic carbocycles. The average molecular weight is 923 g/mol. The van der Waals surface area contributed by atoms with Crippen molar-refractivity contribution in [2.75, 3.05) is 40.9 Å². The standard InChI is InChI=1S/C56H95N2O6P/c1-6-8-10-12-13-14-15-16-17-18-19-20-21-22-23-24-25-26-27-28-29-30-31-32-33-34-35-36-37-38-39-40-41-42-43-44-45-46-48-50-56(60)57-54(55(59)49-47-11-9-7-2)53-64-65(61,62)63-52-51-58(3,4)5/h8,10,13-14,16-17,19-20,22-23,25-26,28-29,31-32,34-35,37-38,54-55,59H,6-7,9,11-12,15,18,21,24,27,30,33,36,39-53H2,1-5H3,(H-,57,60,61,62)/b10-8-,14-13-,17-16-,20-19-,23-22-,26-25-,29-28-,32-31-,35-34-,38-37-. The smallest absolute Gasteiger partial charge is 0.268 e. The lowest BCUT2D eigenvalue weighted by atomic mass is 10.0. The highest BCUT2D eigenvalue weighted by atomic mass is 31.2. The number of aliphatic hydroxyl groups excluding tert-OH is 1. The molecule has 0 saturated heterocycles. The van der Waals surface area contributed by atoms with Crippen LogP contribution in [0.2, 0.25) is 0 Å². The molecule has 0 aliphatic rings. The predicted molar refractivity (Wildman–Crippen MR) is 279 cm³/mol. The highest BCUT2D eigenvalue weighted by molar-refractivity contribution is 7.45. The third-order valence-corrected chi connectivity index (χ3v) is 11.4. The van der Waals surface area contributed by atoms with Crippen LogP contribution in [0.5, 0.6) is 0 Å². The van der Waals surface area contributed by atoms with E-state index in [0.717, 1.165) is 122 Å². The maximum atomic E-state index is 12.8. The molecule has 0 aromatic rings. The Labute approximate surface area is 399 Å². The fourth-order valence-corrected chi connectivity index (χ4v) is 7.20. The number of hydrogen-bond donors (Lipinski definition) is 2. The number of allylic oxidation sites excluding steroid dienone is 20. The van der Waals surface area contributed by atoms with Gasteiger partial charge in [-0.1, -0.05) is 200 Å². The number of rotatable bonds is 44. The zero-order valence-electron chi connectivity index (χ0n) is 41.9. The molecule has 370 valence electrons. The largest absolute Gasteiger partial charge is 0.756 e. The highest BCUT2D eigenvalue weighted by Gasteiger charge is 2.24. The monoisotopic (exact) mass is 923 g/mol. The van der Waals surface area contributed by atoms with Crippen LogP contribution in [0.25, 0.3) is 0 Å². The van der Waals surface area contributed by atoms with Crippen LogP contribution in [-0.2, 0) is 18.4 Å². The molecule has 1 amide bonds. The number of phosphoric ester groups is 1. The van der Waals surface area contributed by atoms with Gasteiger partial charge in [0, 0.05) is 6.42 Å². The van der Waals surface area contributed by atoms with Crippen molar-refractivity contribution < 1.29 is 32.9 Å². The van der Waals surface area contributed by atoms with E-state index >= 15 is 0 Å². The van der Waals surface area contributed by atoms with Crippen LogP contribution >= 0.6 is 7.82 Å². The summed E-state index contributed by atoms with van der Waals surface area (Å²) in [6.07, 6.45) is 68.7. The Morgan fingerprint density at radius 1 is 0.554 bits per heavy atom. The van der Waals surface area contributed by atoms with Crippen molar-refractivity contribution in [2.45, 2.75) is 187 Å². The molecule has 65 heavy (non-hydrogen) atoms. The second-order valence-electron chi connectivity index (χ2n) is 17.8. The van der Waals surface area contributed by atoms with E-state index in [0.29, 0.717) is 23.9 Å². The number of nitrogens with one attached hydrogen (secondary N) is 1. The summed E-state index contributed by atoms with van der Waals surface area (Å²) in [6.45, 7) is 4.44. The van der Waals surface area contributed by atoms with E-state index in [-0.39, 0.29) is 19.1 Å². The van der Waals surface area contributed by atoms with Gasteiger partial charge in [-0.15, -0.1) is 0 Å². The molecular weight excluding hydrogens is 828 g/mol. The molecule has 3 unspecified atom stereocenters. The van der Waals surface area contributed by atoms with E-state index in [2.05, 4.69) is 141 Å². The Morgan fingerprint density at radius 2 is 0.938 bits per heavy atom. The lowest BCUT2D eigenvalue weighted by molar-refractivity contribution is -0.870. The molecule has 0 rings (SSSR count). The van der Waals surface area contributed by atoms with Gasteiger partial charge in [-0.05, 0) is 89.9 Å². The molecule has 3 atom stereocenters. The molecule has 0 aliphatic carbocycles. The second-order valence-corrected chi connectivity index (χ2v) is 19.2. The number of amides is 1. The number of hydrogen-bond acceptors (Lipinski definition) is 6. The third kappa shape index (κ3) is 48.6. The van der Waals surface area contributed by atoms with E-state index in [1.807, 2.05) is 21.1 Å². The third-order valence-electron chi connectivity index (χ3n) is 10.5. The number of aliphatic hydroxyl groups is 1. The number of carbonyl (C=O) groups excluding carboxylic acids is 1. The first-order chi connectivity index (χ1) is 31.5. The summed E-state index contributed by atoms with van der Waals surface area (Å²) < 4.78 is 23.0. The lowest BCUT2D eigenvalue weighted by Gasteiger charge is -2.30. The molecule has 9 heteroatoms. The van der Waals surface area contributed by atoms with Gasteiger partial charge in [0.1, 0.15) is 13.2 Å². The van der Waals surface area contributed by atoms with Crippen LogP contribution in [0, 0.1) is 0 Å². The first-order valence-corrected chi connectivity index (χ1v) is 26.8. The SMILES string of the molecule is CC/C=C\C/C=C\C/C=C\C/C=C\C/C=C\C/C=C\C/C=C\C/C=C\C/C=C\C/C=C\CCCCCCCCCCC(=O)NC(COP(=O)([O-])OCC[N+](C)(C)C)C(O)CCCCCC. The average Bonchev–Trinajstić information content (AvgIpc) is 3.26. The number of likely N-dealkylation sites (N-methyl/N-ethyl adjacent to an activating group) is 1. The minimum absolute atomic E-state index is 0.00300. The van der Waals surface area contributed by atoms with E-state index in [9.17, 15) is 19.4 Å². The zero-order valence-corrected chi connectivity index (χ0v) is 42.8. The van der Waals surface area contributed by atoms with Crippen LogP contribution in [0.15, 0.2) is 122 Å². The van der Waals surface area contributed by atoms with Crippen LogP contribution in [0.3, 0.4) is 0 Å². The molecule has 0 fully saturated rings. The number of phosphoric acid groups is 1. The summed E-state index contributed by atoms with van der Waals surface area (Å²) in [5.41, 5.74) is 0. The summed E-state index contributed by atoms with van der Waals surface area (Å²) in [7, 11) is 1.27. The van der Waals surface area contributed by atoms with Gasteiger partial charge < -0.3 is 28.8 Å². The van der Waals surface area contributed by atoms with E-state index < -0.39 is 20.0 Å². The first kappa shape index (κ1) is 61.9. The summed E-state index contributed by atoms with van der Waals surface area (Å²) in [5, 5.41) is 13.6. The first-order valence-electron chi connectivity index (χ1n) is 25.4. The minimum atomic E-state index is -4.56. The Morgan fingerprint density at radius 3 is 1.35 bits per heavy atom. The predicted octanol–water partition coefficient (Wildman–Crippen LogP) is 14.4. The van der Waals surface area contributed by atoms with Gasteiger partial charge in [-0.2, -0.15) is 0 Å². The topological polar surface area (TPSA) is 108 Å². The van der Waals surface area contributed by atoms with Crippen LogP contribution in [0.4, 0.5) is 0 Å². The summed E-state index contributed by atoms with van der Waals surface area (Å²) in [6, 6.07) is -0.808. The van der Waals surface area contributed by atoms with Gasteiger partial charge in [0.2, 0.25) is 5.91 Å². The van der Waals surface area contributed by atoms with Crippen molar-refractivity contribution in [1.29, 1.82) is 0 Å². The number of nitrogens with zero attached hydrogens (tertiary/aromatic N) is 1. The fraction of sp³-hybridized carbons (Fsp3) is 0.625. The van der Waals surface area contributed by atoms with Crippen LogP contribution in [-0.4, -0.2) is 68.5 Å². The van der Waals surface area contributed by atoms with Gasteiger partial charge in [-0.25, -0.2) is 0 Å². The molecule has 0 saturated carbocycles. The van der Waals surface area contributed by atoms with Crippen molar-refractivity contribution in [3.63, 3.8) is 0 Å². The Balaban J connectivity index is 3.93. The Bertz CT molecular complexity index is 1460. The summed E-state index contributed by atoms with van der Waals surface area (Å²) >= 11 is 0. The van der Waals surface area contributed by atoms with Gasteiger partial charge >= 0.3 is 0 Å². The molecule has 8 nitrogen and oxygen atoms in total. The molecule has 0 bridgehead atoms. The molecule has 0 spiro atoms. The molecule has 0 aliphatic heterocycles. The molecule has 0 heterocycles. The van der Waals surface area contributed by atoms with Gasteiger partial charge in [0.05, 0.1) is 39.9 Å². The minimum Gasteiger partial charge on any atom is -0.756 e. The lowest BCUT2D eigenvalue weighted by Crippen LogP contribution is -2.46. The Hall–Kier alpha value is -3.10. The van der Waals surface area contributed by atoms with Crippen LogP contribution in [0.1, 0.15) is 174 Å². The van der Waals surface area contributed by atoms with Gasteiger partial charge in [-0.3, -0.25) is 9.36 Å². The van der Waals surface area contributed by atoms with E-state index in [1.54, 1.807) is 0 Å². The number of carbonyl (C=O) groups is 1. The summed E-state index contributed by atoms with van der Waals surface area (Å²) in [5.74, 6) is -0.189. The summed E-state index contributed by atoms with van der Waals surface area (Å²) in [4.78, 5) is 25.1.